The van der Waals surface area contributed by atoms with Crippen molar-refractivity contribution in [3.8, 4) is 0 Å². The predicted molar refractivity (Wildman–Crippen MR) is 92.6 cm³/mol. The molecule has 0 bridgehead atoms. The van der Waals surface area contributed by atoms with E-state index in [0.29, 0.717) is 0 Å². The molecule has 1 aliphatic rings. The van der Waals surface area contributed by atoms with Gasteiger partial charge >= 0.3 is 0 Å². The number of fused-ring (bicyclic) bond motifs is 1. The summed E-state index contributed by atoms with van der Waals surface area (Å²) in [5.41, 5.74) is 9.96. The predicted octanol–water partition coefficient (Wildman–Crippen LogP) is 3.09. The Balaban J connectivity index is 2.05. The SMILES string of the molecule is NC1NC(c2ccncc2)(c2cccc(Br)c2)c2cccnc21. The van der Waals surface area contributed by atoms with Crippen molar-refractivity contribution in [2.45, 2.75) is 11.7 Å². The first-order chi connectivity index (χ1) is 11.2. The van der Waals surface area contributed by atoms with E-state index in [2.05, 4.69) is 49.4 Å². The first-order valence-corrected chi connectivity index (χ1v) is 8.16. The summed E-state index contributed by atoms with van der Waals surface area (Å²) in [6, 6.07) is 16.3. The van der Waals surface area contributed by atoms with Crippen molar-refractivity contribution in [3.05, 3.63) is 94.0 Å². The molecule has 0 radical (unpaired) electrons. The van der Waals surface area contributed by atoms with Gasteiger partial charge in [-0.05, 0) is 41.5 Å². The first kappa shape index (κ1) is 14.5. The van der Waals surface area contributed by atoms with Crippen molar-refractivity contribution in [2.24, 2.45) is 5.73 Å². The van der Waals surface area contributed by atoms with Crippen molar-refractivity contribution in [1.82, 2.24) is 15.3 Å². The summed E-state index contributed by atoms with van der Waals surface area (Å²) < 4.78 is 1.02. The Morgan fingerprint density at radius 1 is 1.00 bits per heavy atom. The number of nitrogens with one attached hydrogen (secondary N) is 1. The fourth-order valence-electron chi connectivity index (χ4n) is 3.33. The monoisotopic (exact) mass is 366 g/mol. The maximum absolute atomic E-state index is 6.33. The average molecular weight is 367 g/mol. The Morgan fingerprint density at radius 3 is 2.61 bits per heavy atom. The van der Waals surface area contributed by atoms with Gasteiger partial charge in [0.05, 0.1) is 11.2 Å². The minimum atomic E-state index is -0.532. The van der Waals surface area contributed by atoms with E-state index < -0.39 is 5.54 Å². The Morgan fingerprint density at radius 2 is 1.83 bits per heavy atom. The van der Waals surface area contributed by atoms with Gasteiger partial charge in [-0.2, -0.15) is 0 Å². The lowest BCUT2D eigenvalue weighted by Gasteiger charge is -2.32. The lowest BCUT2D eigenvalue weighted by Crippen LogP contribution is -2.42. The van der Waals surface area contributed by atoms with Crippen LogP contribution in [0.15, 0.2) is 71.6 Å². The number of pyridine rings is 2. The molecule has 5 heteroatoms. The van der Waals surface area contributed by atoms with Crippen molar-refractivity contribution >= 4 is 15.9 Å². The number of halogens is 1. The first-order valence-electron chi connectivity index (χ1n) is 7.37. The second kappa shape index (κ2) is 5.53. The molecule has 0 amide bonds. The molecule has 2 atom stereocenters. The van der Waals surface area contributed by atoms with Gasteiger partial charge in [-0.25, -0.2) is 0 Å². The van der Waals surface area contributed by atoms with E-state index in [1.54, 1.807) is 18.6 Å². The van der Waals surface area contributed by atoms with Crippen LogP contribution in [0, 0.1) is 0 Å². The topological polar surface area (TPSA) is 63.8 Å². The van der Waals surface area contributed by atoms with E-state index in [1.165, 1.54) is 0 Å². The highest BCUT2D eigenvalue weighted by atomic mass is 79.9. The largest absolute Gasteiger partial charge is 0.311 e. The van der Waals surface area contributed by atoms with Gasteiger partial charge in [0.2, 0.25) is 0 Å². The molecule has 3 aromatic rings. The fourth-order valence-corrected chi connectivity index (χ4v) is 3.73. The van der Waals surface area contributed by atoms with Gasteiger partial charge < -0.3 is 5.73 Å². The van der Waals surface area contributed by atoms with Gasteiger partial charge in [0.25, 0.3) is 0 Å². The third-order valence-electron chi connectivity index (χ3n) is 4.28. The summed E-state index contributed by atoms with van der Waals surface area (Å²) in [4.78, 5) is 8.64. The quantitative estimate of drug-likeness (QED) is 0.731. The van der Waals surface area contributed by atoms with Gasteiger partial charge in [-0.3, -0.25) is 15.3 Å². The minimum absolute atomic E-state index is 0.321. The lowest BCUT2D eigenvalue weighted by molar-refractivity contribution is 0.453. The lowest BCUT2D eigenvalue weighted by atomic mass is 9.79. The van der Waals surface area contributed by atoms with Crippen LogP contribution in [0.5, 0.6) is 0 Å². The maximum atomic E-state index is 6.33. The Hall–Kier alpha value is -2.08. The summed E-state index contributed by atoms with van der Waals surface area (Å²) >= 11 is 3.57. The van der Waals surface area contributed by atoms with Crippen LogP contribution in [0.2, 0.25) is 0 Å². The normalized spacial score (nSPS) is 22.8. The molecule has 2 unspecified atom stereocenters. The van der Waals surface area contributed by atoms with E-state index >= 15 is 0 Å². The zero-order valence-electron chi connectivity index (χ0n) is 12.3. The third-order valence-corrected chi connectivity index (χ3v) is 4.77. The van der Waals surface area contributed by atoms with Crippen molar-refractivity contribution in [1.29, 1.82) is 0 Å². The van der Waals surface area contributed by atoms with Crippen LogP contribution in [0.25, 0.3) is 0 Å². The molecule has 23 heavy (non-hydrogen) atoms. The Kier molecular flexibility index (Phi) is 3.49. The minimum Gasteiger partial charge on any atom is -0.311 e. The summed E-state index contributed by atoms with van der Waals surface area (Å²) in [7, 11) is 0. The number of aromatic nitrogens is 2. The number of rotatable bonds is 2. The highest BCUT2D eigenvalue weighted by Crippen LogP contribution is 2.44. The van der Waals surface area contributed by atoms with Crippen LogP contribution in [0.3, 0.4) is 0 Å². The molecular formula is C18H15BrN4. The second-order valence-electron chi connectivity index (χ2n) is 5.55. The van der Waals surface area contributed by atoms with Gasteiger partial charge in [0.15, 0.2) is 0 Å². The standard InChI is InChI=1S/C18H15BrN4/c19-14-4-1-3-13(11-14)18(12-6-9-21-10-7-12)15-5-2-8-22-16(15)17(20)23-18/h1-11,17,23H,20H2. The van der Waals surface area contributed by atoms with Gasteiger partial charge in [-0.1, -0.05) is 34.1 Å². The van der Waals surface area contributed by atoms with Crippen LogP contribution in [-0.4, -0.2) is 9.97 Å². The van der Waals surface area contributed by atoms with Gasteiger partial charge in [0, 0.05) is 28.6 Å². The fraction of sp³-hybridized carbons (Fsp3) is 0.111. The smallest absolute Gasteiger partial charge is 0.100 e. The van der Waals surface area contributed by atoms with Crippen LogP contribution in [0.4, 0.5) is 0 Å². The van der Waals surface area contributed by atoms with Crippen molar-refractivity contribution < 1.29 is 0 Å². The molecule has 1 aliphatic heterocycles. The Bertz CT molecular complexity index is 852. The molecule has 1 aromatic carbocycles. The van der Waals surface area contributed by atoms with Crippen LogP contribution in [0.1, 0.15) is 28.6 Å². The average Bonchev–Trinajstić information content (AvgIpc) is 2.90. The van der Waals surface area contributed by atoms with Crippen molar-refractivity contribution in [3.63, 3.8) is 0 Å². The van der Waals surface area contributed by atoms with E-state index in [-0.39, 0.29) is 6.17 Å². The zero-order chi connectivity index (χ0) is 15.9. The summed E-state index contributed by atoms with van der Waals surface area (Å²) in [6.07, 6.45) is 5.07. The molecule has 3 N–H and O–H groups in total. The number of hydrogen-bond donors (Lipinski definition) is 2. The highest BCUT2D eigenvalue weighted by molar-refractivity contribution is 9.10. The van der Waals surface area contributed by atoms with Gasteiger partial charge in [0.1, 0.15) is 6.17 Å². The molecule has 3 heterocycles. The maximum Gasteiger partial charge on any atom is 0.100 e. The zero-order valence-corrected chi connectivity index (χ0v) is 13.9. The molecule has 0 aliphatic carbocycles. The number of nitrogens with zero attached hydrogens (tertiary/aromatic N) is 2. The summed E-state index contributed by atoms with van der Waals surface area (Å²) in [5, 5.41) is 3.56. The molecule has 4 nitrogen and oxygen atoms in total. The van der Waals surface area contributed by atoms with Crippen LogP contribution < -0.4 is 11.1 Å². The van der Waals surface area contributed by atoms with E-state index in [9.17, 15) is 0 Å². The van der Waals surface area contributed by atoms with Crippen molar-refractivity contribution in [2.75, 3.05) is 0 Å². The third kappa shape index (κ3) is 2.20. The highest BCUT2D eigenvalue weighted by Gasteiger charge is 2.45. The second-order valence-corrected chi connectivity index (χ2v) is 6.47. The molecule has 0 fully saturated rings. The van der Waals surface area contributed by atoms with E-state index in [0.717, 1.165) is 26.9 Å². The number of benzene rings is 1. The molecular weight excluding hydrogens is 352 g/mol. The van der Waals surface area contributed by atoms with E-state index in [1.807, 2.05) is 30.3 Å². The number of nitrogens with two attached hydrogens (primary N) is 1. The summed E-state index contributed by atoms with van der Waals surface area (Å²) in [5.74, 6) is 0. The molecule has 0 saturated heterocycles. The number of hydrogen-bond acceptors (Lipinski definition) is 4. The molecule has 4 rings (SSSR count). The van der Waals surface area contributed by atoms with Gasteiger partial charge in [-0.15, -0.1) is 0 Å². The van der Waals surface area contributed by atoms with Crippen LogP contribution in [-0.2, 0) is 5.54 Å². The Labute approximate surface area is 142 Å². The molecule has 0 spiro atoms. The molecule has 114 valence electrons. The summed E-state index contributed by atoms with van der Waals surface area (Å²) in [6.45, 7) is 0. The van der Waals surface area contributed by atoms with E-state index in [4.69, 9.17) is 5.73 Å². The molecule has 2 aromatic heterocycles. The van der Waals surface area contributed by atoms with Crippen LogP contribution >= 0.6 is 15.9 Å². The molecule has 0 saturated carbocycles.